The molecule has 1 saturated heterocycles. The largest absolute Gasteiger partial charge is 0.349 e. The van der Waals surface area contributed by atoms with Crippen molar-refractivity contribution in [3.63, 3.8) is 0 Å². The zero-order chi connectivity index (χ0) is 22.0. The van der Waals surface area contributed by atoms with Crippen LogP contribution in [0.25, 0.3) is 0 Å². The molecule has 0 radical (unpaired) electrons. The molecule has 1 atom stereocenters. The van der Waals surface area contributed by atoms with Crippen molar-refractivity contribution in [2.24, 2.45) is 5.92 Å². The first-order valence-corrected chi connectivity index (χ1v) is 12.8. The fourth-order valence-electron chi connectivity index (χ4n) is 4.73. The fraction of sp³-hybridized carbons (Fsp3) is 0.480. The standard InChI is InChI=1S/C25H32N2O3S/c1-3-24(20-9-7-18(2)8-10-20)26-25(28)21-13-15-27(16-14-21)31(29,30)23-12-11-19-5-4-6-22(19)17-23/h7-12,17,21,24H,3-6,13-16H2,1-2H3,(H,26,28). The Morgan fingerprint density at radius 3 is 2.42 bits per heavy atom. The van der Waals surface area contributed by atoms with Gasteiger partial charge in [-0.3, -0.25) is 4.79 Å². The molecule has 1 heterocycles. The Morgan fingerprint density at radius 2 is 1.74 bits per heavy atom. The van der Waals surface area contributed by atoms with E-state index in [1.165, 1.54) is 11.1 Å². The summed E-state index contributed by atoms with van der Waals surface area (Å²) in [5.41, 5.74) is 4.74. The summed E-state index contributed by atoms with van der Waals surface area (Å²) in [6.45, 7) is 4.89. The molecule has 0 saturated carbocycles. The van der Waals surface area contributed by atoms with Crippen molar-refractivity contribution in [3.05, 3.63) is 64.7 Å². The highest BCUT2D eigenvalue weighted by Gasteiger charge is 2.33. The van der Waals surface area contributed by atoms with Gasteiger partial charge in [0.2, 0.25) is 15.9 Å². The van der Waals surface area contributed by atoms with Crippen LogP contribution in [0.15, 0.2) is 47.4 Å². The molecule has 2 aromatic carbocycles. The molecule has 6 heteroatoms. The van der Waals surface area contributed by atoms with Gasteiger partial charge in [-0.2, -0.15) is 4.31 Å². The lowest BCUT2D eigenvalue weighted by atomic mass is 9.95. The normalized spacial score (nSPS) is 18.5. The van der Waals surface area contributed by atoms with E-state index in [9.17, 15) is 13.2 Å². The van der Waals surface area contributed by atoms with Gasteiger partial charge in [0.15, 0.2) is 0 Å². The van der Waals surface area contributed by atoms with E-state index in [-0.39, 0.29) is 17.9 Å². The first-order valence-electron chi connectivity index (χ1n) is 11.4. The van der Waals surface area contributed by atoms with Crippen LogP contribution in [0.4, 0.5) is 0 Å². The van der Waals surface area contributed by atoms with Crippen LogP contribution in [0, 0.1) is 12.8 Å². The van der Waals surface area contributed by atoms with E-state index in [4.69, 9.17) is 0 Å². The number of nitrogens with zero attached hydrogens (tertiary/aromatic N) is 1. The van der Waals surface area contributed by atoms with Crippen LogP contribution in [-0.4, -0.2) is 31.7 Å². The van der Waals surface area contributed by atoms with Gasteiger partial charge < -0.3 is 5.32 Å². The molecular formula is C25H32N2O3S. The number of benzene rings is 2. The Morgan fingerprint density at radius 1 is 1.06 bits per heavy atom. The van der Waals surface area contributed by atoms with Crippen LogP contribution in [0.5, 0.6) is 0 Å². The number of carbonyl (C=O) groups is 1. The minimum Gasteiger partial charge on any atom is -0.349 e. The van der Waals surface area contributed by atoms with Gasteiger partial charge in [0.05, 0.1) is 10.9 Å². The van der Waals surface area contributed by atoms with Gasteiger partial charge in [-0.15, -0.1) is 0 Å². The van der Waals surface area contributed by atoms with E-state index in [1.807, 2.05) is 19.1 Å². The summed E-state index contributed by atoms with van der Waals surface area (Å²) in [5.74, 6) is -0.118. The topological polar surface area (TPSA) is 66.5 Å². The van der Waals surface area contributed by atoms with Crippen LogP contribution in [-0.2, 0) is 27.7 Å². The molecule has 5 nitrogen and oxygen atoms in total. The van der Waals surface area contributed by atoms with E-state index < -0.39 is 10.0 Å². The molecule has 1 N–H and O–H groups in total. The summed E-state index contributed by atoms with van der Waals surface area (Å²) < 4.78 is 27.8. The van der Waals surface area contributed by atoms with Gasteiger partial charge in [-0.25, -0.2) is 8.42 Å². The molecule has 0 spiro atoms. The van der Waals surface area contributed by atoms with Crippen molar-refractivity contribution < 1.29 is 13.2 Å². The quantitative estimate of drug-likeness (QED) is 0.734. The Hall–Kier alpha value is -2.18. The van der Waals surface area contributed by atoms with Crippen LogP contribution >= 0.6 is 0 Å². The first kappa shape index (κ1) is 22.0. The molecule has 1 fully saturated rings. The molecule has 4 rings (SSSR count). The van der Waals surface area contributed by atoms with Gasteiger partial charge in [-0.05, 0) is 74.3 Å². The third kappa shape index (κ3) is 4.70. The molecule has 1 aliphatic carbocycles. The van der Waals surface area contributed by atoms with Gasteiger partial charge in [0.1, 0.15) is 0 Å². The smallest absolute Gasteiger partial charge is 0.243 e. The number of amides is 1. The summed E-state index contributed by atoms with van der Waals surface area (Å²) in [6.07, 6.45) is 5.03. The summed E-state index contributed by atoms with van der Waals surface area (Å²) >= 11 is 0. The van der Waals surface area contributed by atoms with Crippen molar-refractivity contribution in [1.82, 2.24) is 9.62 Å². The first-order chi connectivity index (χ1) is 14.9. The summed E-state index contributed by atoms with van der Waals surface area (Å²) in [7, 11) is -3.51. The Balaban J connectivity index is 1.37. The minimum absolute atomic E-state index is 0.0127. The zero-order valence-electron chi connectivity index (χ0n) is 18.4. The third-order valence-electron chi connectivity index (χ3n) is 6.74. The molecule has 166 valence electrons. The van der Waals surface area contributed by atoms with Crippen LogP contribution < -0.4 is 5.32 Å². The van der Waals surface area contributed by atoms with Crippen molar-refractivity contribution in [2.75, 3.05) is 13.1 Å². The van der Waals surface area contributed by atoms with Crippen molar-refractivity contribution in [2.45, 2.75) is 63.3 Å². The summed E-state index contributed by atoms with van der Waals surface area (Å²) in [6, 6.07) is 13.8. The molecule has 0 bridgehead atoms. The highest BCUT2D eigenvalue weighted by Crippen LogP contribution is 2.29. The average Bonchev–Trinajstić information content (AvgIpc) is 3.26. The maximum absolute atomic E-state index is 13.1. The highest BCUT2D eigenvalue weighted by molar-refractivity contribution is 7.89. The number of carbonyl (C=O) groups excluding carboxylic acids is 1. The highest BCUT2D eigenvalue weighted by atomic mass is 32.2. The van der Waals surface area contributed by atoms with Crippen molar-refractivity contribution >= 4 is 15.9 Å². The summed E-state index contributed by atoms with van der Waals surface area (Å²) in [4.78, 5) is 13.3. The van der Waals surface area contributed by atoms with E-state index in [0.29, 0.717) is 30.8 Å². The molecule has 1 unspecified atom stereocenters. The van der Waals surface area contributed by atoms with E-state index >= 15 is 0 Å². The van der Waals surface area contributed by atoms with Crippen LogP contribution in [0.2, 0.25) is 0 Å². The predicted octanol–water partition coefficient (Wildman–Crippen LogP) is 4.15. The molecule has 1 amide bonds. The monoisotopic (exact) mass is 440 g/mol. The number of piperidine rings is 1. The molecule has 31 heavy (non-hydrogen) atoms. The second-order valence-electron chi connectivity index (χ2n) is 8.84. The molecule has 2 aromatic rings. The Bertz CT molecular complexity index is 1040. The lowest BCUT2D eigenvalue weighted by Crippen LogP contribution is -2.43. The van der Waals surface area contributed by atoms with Gasteiger partial charge in [0.25, 0.3) is 0 Å². The number of nitrogens with one attached hydrogen (secondary N) is 1. The van der Waals surface area contributed by atoms with E-state index in [1.54, 1.807) is 10.4 Å². The van der Waals surface area contributed by atoms with Crippen molar-refractivity contribution in [1.29, 1.82) is 0 Å². The number of hydrogen-bond acceptors (Lipinski definition) is 3. The van der Waals surface area contributed by atoms with Crippen LogP contribution in [0.1, 0.15) is 60.9 Å². The fourth-order valence-corrected chi connectivity index (χ4v) is 6.25. The number of aryl methyl sites for hydroxylation is 3. The van der Waals surface area contributed by atoms with Gasteiger partial charge in [0, 0.05) is 19.0 Å². The number of hydrogen-bond donors (Lipinski definition) is 1. The molecule has 2 aliphatic rings. The SMILES string of the molecule is CCC(NC(=O)C1CCN(S(=O)(=O)c2ccc3c(c2)CCC3)CC1)c1ccc(C)cc1. The van der Waals surface area contributed by atoms with E-state index in [0.717, 1.165) is 36.8 Å². The van der Waals surface area contributed by atoms with E-state index in [2.05, 4.69) is 36.5 Å². The Labute approximate surface area is 185 Å². The molecule has 0 aromatic heterocycles. The second-order valence-corrected chi connectivity index (χ2v) is 10.8. The third-order valence-corrected chi connectivity index (χ3v) is 8.63. The lowest BCUT2D eigenvalue weighted by molar-refractivity contribution is -0.126. The van der Waals surface area contributed by atoms with Crippen LogP contribution in [0.3, 0.4) is 0 Å². The number of fused-ring (bicyclic) bond motifs is 1. The lowest BCUT2D eigenvalue weighted by Gasteiger charge is -2.31. The maximum atomic E-state index is 13.1. The minimum atomic E-state index is -3.51. The van der Waals surface area contributed by atoms with Gasteiger partial charge in [-0.1, -0.05) is 42.8 Å². The Kier molecular flexibility index (Phi) is 6.49. The predicted molar refractivity (Wildman–Crippen MR) is 122 cm³/mol. The zero-order valence-corrected chi connectivity index (χ0v) is 19.2. The second kappa shape index (κ2) is 9.13. The van der Waals surface area contributed by atoms with Gasteiger partial charge >= 0.3 is 0 Å². The average molecular weight is 441 g/mol. The maximum Gasteiger partial charge on any atom is 0.243 e. The number of sulfonamides is 1. The number of rotatable bonds is 6. The molecular weight excluding hydrogens is 408 g/mol. The van der Waals surface area contributed by atoms with Crippen molar-refractivity contribution in [3.8, 4) is 0 Å². The molecule has 1 aliphatic heterocycles. The summed E-state index contributed by atoms with van der Waals surface area (Å²) in [5, 5.41) is 3.18.